The molecule has 2 heterocycles. The van der Waals surface area contributed by atoms with Gasteiger partial charge in [0.15, 0.2) is 0 Å². The molecule has 0 spiro atoms. The Morgan fingerprint density at radius 3 is 2.74 bits per heavy atom. The molecule has 1 atom stereocenters. The lowest BCUT2D eigenvalue weighted by molar-refractivity contribution is -0.384. The average Bonchev–Trinajstić information content (AvgIpc) is 3.10. The summed E-state index contributed by atoms with van der Waals surface area (Å²) in [6.45, 7) is 0.708. The molecule has 0 aliphatic carbocycles. The number of hydrogen-bond donors (Lipinski definition) is 0. The molecule has 7 heteroatoms. The van der Waals surface area contributed by atoms with E-state index in [0.29, 0.717) is 23.9 Å². The topological polar surface area (TPSA) is 91.3 Å². The van der Waals surface area contributed by atoms with E-state index in [1.54, 1.807) is 12.1 Å². The fourth-order valence-electron chi connectivity index (χ4n) is 1.99. The minimum absolute atomic E-state index is 0.0339. The molecule has 1 saturated heterocycles. The van der Waals surface area contributed by atoms with Crippen LogP contribution in [0.2, 0.25) is 0 Å². The molecule has 3 rings (SSSR count). The summed E-state index contributed by atoms with van der Waals surface area (Å²) in [5.41, 5.74) is 0.713. The van der Waals surface area contributed by atoms with Crippen molar-refractivity contribution in [3.63, 3.8) is 0 Å². The quantitative estimate of drug-likeness (QED) is 0.622. The fraction of sp³-hybridized carbons (Fsp3) is 0.333. The SMILES string of the molecule is O=[N+]([O-])c1ccc(-c2noc([C@@H]3CCCO3)n2)cc1. The van der Waals surface area contributed by atoms with Crippen molar-refractivity contribution in [1.82, 2.24) is 10.1 Å². The largest absolute Gasteiger partial charge is 0.368 e. The number of nitro benzene ring substituents is 1. The number of aromatic nitrogens is 2. The van der Waals surface area contributed by atoms with Gasteiger partial charge in [0.05, 0.1) is 4.92 Å². The van der Waals surface area contributed by atoms with Crippen LogP contribution >= 0.6 is 0 Å². The van der Waals surface area contributed by atoms with Crippen molar-refractivity contribution in [3.8, 4) is 11.4 Å². The van der Waals surface area contributed by atoms with Gasteiger partial charge >= 0.3 is 0 Å². The van der Waals surface area contributed by atoms with Gasteiger partial charge < -0.3 is 9.26 Å². The second-order valence-corrected chi connectivity index (χ2v) is 4.26. The van der Waals surface area contributed by atoms with E-state index in [1.807, 2.05) is 0 Å². The molecule has 7 nitrogen and oxygen atoms in total. The lowest BCUT2D eigenvalue weighted by Crippen LogP contribution is -1.95. The number of benzene rings is 1. The Hall–Kier alpha value is -2.28. The molecule has 98 valence electrons. The standard InChI is InChI=1S/C12H11N3O4/c16-15(17)9-5-3-8(4-6-9)11-13-12(19-14-11)10-2-1-7-18-10/h3-6,10H,1-2,7H2/t10-/m0/s1. The summed E-state index contributed by atoms with van der Waals surface area (Å²) in [5, 5.41) is 14.4. The van der Waals surface area contributed by atoms with E-state index in [-0.39, 0.29) is 11.8 Å². The normalized spacial score (nSPS) is 18.6. The summed E-state index contributed by atoms with van der Waals surface area (Å²) < 4.78 is 10.6. The van der Waals surface area contributed by atoms with Crippen molar-refractivity contribution >= 4 is 5.69 Å². The lowest BCUT2D eigenvalue weighted by atomic mass is 10.2. The van der Waals surface area contributed by atoms with E-state index in [1.165, 1.54) is 12.1 Å². The fourth-order valence-corrected chi connectivity index (χ4v) is 1.99. The molecule has 1 fully saturated rings. The summed E-state index contributed by atoms with van der Waals surface area (Å²) in [7, 11) is 0. The summed E-state index contributed by atoms with van der Waals surface area (Å²) in [4.78, 5) is 14.4. The maximum Gasteiger partial charge on any atom is 0.269 e. The molecule has 1 aromatic carbocycles. The molecule has 2 aromatic rings. The first-order chi connectivity index (χ1) is 9.24. The van der Waals surface area contributed by atoms with Crippen molar-refractivity contribution in [1.29, 1.82) is 0 Å². The highest BCUT2D eigenvalue weighted by atomic mass is 16.6. The summed E-state index contributed by atoms with van der Waals surface area (Å²) in [6, 6.07) is 6.03. The number of rotatable bonds is 3. The molecule has 0 saturated carbocycles. The predicted octanol–water partition coefficient (Wildman–Crippen LogP) is 2.50. The van der Waals surface area contributed by atoms with Gasteiger partial charge in [-0.05, 0) is 25.0 Å². The van der Waals surface area contributed by atoms with Crippen LogP contribution in [0.1, 0.15) is 24.8 Å². The first-order valence-electron chi connectivity index (χ1n) is 5.94. The third-order valence-electron chi connectivity index (χ3n) is 2.98. The zero-order valence-electron chi connectivity index (χ0n) is 9.98. The van der Waals surface area contributed by atoms with Gasteiger partial charge in [-0.1, -0.05) is 5.16 Å². The third-order valence-corrected chi connectivity index (χ3v) is 2.98. The van der Waals surface area contributed by atoms with Crippen LogP contribution in [0.5, 0.6) is 0 Å². The molecular formula is C12H11N3O4. The highest BCUT2D eigenvalue weighted by molar-refractivity contribution is 5.56. The van der Waals surface area contributed by atoms with Crippen LogP contribution in [0, 0.1) is 10.1 Å². The number of hydrogen-bond acceptors (Lipinski definition) is 6. The Morgan fingerprint density at radius 2 is 2.11 bits per heavy atom. The van der Waals surface area contributed by atoms with E-state index in [2.05, 4.69) is 10.1 Å². The van der Waals surface area contributed by atoms with E-state index in [0.717, 1.165) is 12.8 Å². The molecule has 19 heavy (non-hydrogen) atoms. The van der Waals surface area contributed by atoms with Crippen LogP contribution in [0.15, 0.2) is 28.8 Å². The minimum atomic E-state index is -0.447. The molecule has 1 aromatic heterocycles. The third kappa shape index (κ3) is 2.32. The monoisotopic (exact) mass is 261 g/mol. The van der Waals surface area contributed by atoms with E-state index >= 15 is 0 Å². The van der Waals surface area contributed by atoms with Gasteiger partial charge in [-0.15, -0.1) is 0 Å². The zero-order valence-corrected chi connectivity index (χ0v) is 9.98. The Bertz CT molecular complexity index is 587. The van der Waals surface area contributed by atoms with Crippen LogP contribution in [-0.2, 0) is 4.74 Å². The molecule has 0 radical (unpaired) electrons. The molecule has 0 amide bonds. The summed E-state index contributed by atoms with van der Waals surface area (Å²) in [6.07, 6.45) is 1.74. The van der Waals surface area contributed by atoms with Crippen molar-refractivity contribution in [3.05, 3.63) is 40.3 Å². The second kappa shape index (κ2) is 4.77. The molecule has 0 N–H and O–H groups in total. The predicted molar refractivity (Wildman–Crippen MR) is 64.3 cm³/mol. The molecule has 1 aliphatic heterocycles. The first-order valence-corrected chi connectivity index (χ1v) is 5.94. The van der Waals surface area contributed by atoms with Crippen LogP contribution in [0.3, 0.4) is 0 Å². The maximum atomic E-state index is 10.6. The van der Waals surface area contributed by atoms with Gasteiger partial charge in [-0.3, -0.25) is 10.1 Å². The summed E-state index contributed by atoms with van der Waals surface area (Å²) in [5.74, 6) is 0.881. The van der Waals surface area contributed by atoms with Gasteiger partial charge in [-0.25, -0.2) is 0 Å². The van der Waals surface area contributed by atoms with Gasteiger partial charge in [0.2, 0.25) is 5.82 Å². The molecule has 0 bridgehead atoms. The Labute approximate surface area is 108 Å². The van der Waals surface area contributed by atoms with Crippen LogP contribution in [0.25, 0.3) is 11.4 Å². The second-order valence-electron chi connectivity index (χ2n) is 4.26. The molecular weight excluding hydrogens is 250 g/mol. The smallest absolute Gasteiger partial charge is 0.269 e. The Morgan fingerprint density at radius 1 is 1.32 bits per heavy atom. The average molecular weight is 261 g/mol. The minimum Gasteiger partial charge on any atom is -0.368 e. The van der Waals surface area contributed by atoms with Crippen molar-refractivity contribution in [2.24, 2.45) is 0 Å². The number of nitro groups is 1. The lowest BCUT2D eigenvalue weighted by Gasteiger charge is -2.00. The summed E-state index contributed by atoms with van der Waals surface area (Å²) >= 11 is 0. The molecule has 1 aliphatic rings. The zero-order chi connectivity index (χ0) is 13.2. The number of non-ortho nitro benzene ring substituents is 1. The van der Waals surface area contributed by atoms with E-state index in [9.17, 15) is 10.1 Å². The van der Waals surface area contributed by atoms with Crippen LogP contribution in [-0.4, -0.2) is 21.7 Å². The van der Waals surface area contributed by atoms with E-state index in [4.69, 9.17) is 9.26 Å². The molecule has 0 unspecified atom stereocenters. The Kier molecular flexibility index (Phi) is 2.96. The van der Waals surface area contributed by atoms with Gasteiger partial charge in [-0.2, -0.15) is 4.98 Å². The highest BCUT2D eigenvalue weighted by Crippen LogP contribution is 2.29. The number of nitrogens with zero attached hydrogens (tertiary/aromatic N) is 3. The highest BCUT2D eigenvalue weighted by Gasteiger charge is 2.24. The first kappa shape index (κ1) is 11.8. The van der Waals surface area contributed by atoms with Crippen LogP contribution in [0.4, 0.5) is 5.69 Å². The van der Waals surface area contributed by atoms with E-state index < -0.39 is 4.92 Å². The van der Waals surface area contributed by atoms with Crippen molar-refractivity contribution in [2.75, 3.05) is 6.61 Å². The van der Waals surface area contributed by atoms with Gasteiger partial charge in [0, 0.05) is 24.3 Å². The van der Waals surface area contributed by atoms with Crippen molar-refractivity contribution in [2.45, 2.75) is 18.9 Å². The van der Waals surface area contributed by atoms with Crippen LogP contribution < -0.4 is 0 Å². The Balaban J connectivity index is 1.83. The maximum absolute atomic E-state index is 10.6. The van der Waals surface area contributed by atoms with Crippen molar-refractivity contribution < 1.29 is 14.2 Å². The van der Waals surface area contributed by atoms with Gasteiger partial charge in [0.25, 0.3) is 11.6 Å². The van der Waals surface area contributed by atoms with Gasteiger partial charge in [0.1, 0.15) is 6.10 Å². The number of ether oxygens (including phenoxy) is 1.